The fraction of sp³-hybridized carbons (Fsp3) is 0.391. The van der Waals surface area contributed by atoms with Crippen LogP contribution in [-0.4, -0.2) is 66.7 Å². The lowest BCUT2D eigenvalue weighted by atomic mass is 10.2. The highest BCUT2D eigenvalue weighted by atomic mass is 32.3. The van der Waals surface area contributed by atoms with Crippen molar-refractivity contribution in [3.05, 3.63) is 65.3 Å². The third kappa shape index (κ3) is 5.66. The molecular weight excluding hydrogens is 474 g/mol. The highest BCUT2D eigenvalue weighted by Crippen LogP contribution is 2.23. The molecule has 1 saturated heterocycles. The molecule has 1 fully saturated rings. The van der Waals surface area contributed by atoms with Gasteiger partial charge in [0.2, 0.25) is 10.4 Å². The van der Waals surface area contributed by atoms with Gasteiger partial charge in [-0.1, -0.05) is 0 Å². The first-order chi connectivity index (χ1) is 16.7. The van der Waals surface area contributed by atoms with Gasteiger partial charge in [-0.3, -0.25) is 4.18 Å². The monoisotopic (exact) mass is 502 g/mol. The number of rotatable bonds is 8. The van der Waals surface area contributed by atoms with Gasteiger partial charge in [0, 0.05) is 37.6 Å². The minimum absolute atomic E-state index is 0.461. The molecule has 0 N–H and O–H groups in total. The number of hydrogen-bond acceptors (Lipinski definition) is 9. The SMILES string of the molecule is COc1ccc(N2CCN(c3ccc(-n4cnn([C@@H](C)[C@@H](C)OS(=O)(=O)[O-])c4=O)cc3)CC2)cc1. The summed E-state index contributed by atoms with van der Waals surface area (Å²) in [6.07, 6.45) is 0.317. The first kappa shape index (κ1) is 24.8. The van der Waals surface area contributed by atoms with Crippen molar-refractivity contribution in [2.24, 2.45) is 0 Å². The number of benzene rings is 2. The number of ether oxygens (including phenoxy) is 1. The van der Waals surface area contributed by atoms with Crippen LogP contribution in [0, 0.1) is 0 Å². The second kappa shape index (κ2) is 10.1. The van der Waals surface area contributed by atoms with Gasteiger partial charge in [-0.15, -0.1) is 0 Å². The molecule has 1 aliphatic rings. The third-order valence-electron chi connectivity index (χ3n) is 6.24. The number of hydrogen-bond donors (Lipinski definition) is 0. The fourth-order valence-corrected chi connectivity index (χ4v) is 4.61. The average molecular weight is 503 g/mol. The lowest BCUT2D eigenvalue weighted by molar-refractivity contribution is 0.139. The molecule has 2 aromatic carbocycles. The van der Waals surface area contributed by atoms with Crippen LogP contribution in [0.5, 0.6) is 5.75 Å². The van der Waals surface area contributed by atoms with Crippen LogP contribution in [-0.2, 0) is 14.6 Å². The first-order valence-electron chi connectivity index (χ1n) is 11.2. The van der Waals surface area contributed by atoms with Gasteiger partial charge < -0.3 is 19.1 Å². The Labute approximate surface area is 204 Å². The van der Waals surface area contributed by atoms with E-state index in [1.807, 2.05) is 36.4 Å². The van der Waals surface area contributed by atoms with E-state index in [0.717, 1.165) is 42.3 Å². The van der Waals surface area contributed by atoms with E-state index in [1.54, 1.807) is 14.0 Å². The van der Waals surface area contributed by atoms with Gasteiger partial charge in [0.05, 0.1) is 24.9 Å². The maximum atomic E-state index is 12.8. The average Bonchev–Trinajstić information content (AvgIpc) is 3.24. The molecule has 0 aliphatic carbocycles. The second-order valence-corrected chi connectivity index (χ2v) is 9.38. The number of aromatic nitrogens is 3. The van der Waals surface area contributed by atoms with Gasteiger partial charge in [0.25, 0.3) is 0 Å². The molecule has 11 nitrogen and oxygen atoms in total. The highest BCUT2D eigenvalue weighted by molar-refractivity contribution is 7.80. The van der Waals surface area contributed by atoms with E-state index in [2.05, 4.69) is 31.2 Å². The van der Waals surface area contributed by atoms with Crippen molar-refractivity contribution in [2.75, 3.05) is 43.1 Å². The number of anilines is 2. The first-order valence-corrected chi connectivity index (χ1v) is 12.5. The lowest BCUT2D eigenvalue weighted by Crippen LogP contribution is -2.46. The summed E-state index contributed by atoms with van der Waals surface area (Å²) in [6, 6.07) is 14.9. The zero-order valence-corrected chi connectivity index (χ0v) is 20.6. The van der Waals surface area contributed by atoms with Crippen LogP contribution in [0.15, 0.2) is 59.7 Å². The molecule has 0 unspecified atom stereocenters. The maximum absolute atomic E-state index is 12.8. The van der Waals surface area contributed by atoms with Crippen molar-refractivity contribution in [3.63, 3.8) is 0 Å². The van der Waals surface area contributed by atoms with E-state index in [9.17, 15) is 17.8 Å². The molecule has 2 heterocycles. The van der Waals surface area contributed by atoms with Crippen molar-refractivity contribution in [3.8, 4) is 11.4 Å². The Balaban J connectivity index is 1.41. The van der Waals surface area contributed by atoms with Crippen LogP contribution >= 0.6 is 0 Å². The van der Waals surface area contributed by atoms with E-state index < -0.39 is 28.2 Å². The summed E-state index contributed by atoms with van der Waals surface area (Å²) in [5.41, 5.74) is 2.38. The highest BCUT2D eigenvalue weighted by Gasteiger charge is 2.22. The Bertz CT molecular complexity index is 1300. The largest absolute Gasteiger partial charge is 0.726 e. The van der Waals surface area contributed by atoms with Crippen LogP contribution in [0.1, 0.15) is 19.9 Å². The van der Waals surface area contributed by atoms with Crippen LogP contribution < -0.4 is 20.2 Å². The normalized spacial score (nSPS) is 16.2. The zero-order chi connectivity index (χ0) is 25.2. The third-order valence-corrected chi connectivity index (χ3v) is 6.78. The van der Waals surface area contributed by atoms with Crippen molar-refractivity contribution in [1.82, 2.24) is 14.3 Å². The summed E-state index contributed by atoms with van der Waals surface area (Å²) in [5, 5.41) is 4.07. The number of methoxy groups -OCH3 is 1. The van der Waals surface area contributed by atoms with Gasteiger partial charge in [-0.2, -0.15) is 5.10 Å². The predicted molar refractivity (Wildman–Crippen MR) is 130 cm³/mol. The summed E-state index contributed by atoms with van der Waals surface area (Å²) in [7, 11) is -3.23. The molecular formula is C23H28N5O6S-. The summed E-state index contributed by atoms with van der Waals surface area (Å²) in [4.78, 5) is 17.5. The van der Waals surface area contributed by atoms with Gasteiger partial charge in [0.15, 0.2) is 0 Å². The quantitative estimate of drug-likeness (QED) is 0.335. The van der Waals surface area contributed by atoms with Crippen LogP contribution in [0.3, 0.4) is 0 Å². The lowest BCUT2D eigenvalue weighted by Gasteiger charge is -2.37. The Morgan fingerprint density at radius 3 is 1.86 bits per heavy atom. The Kier molecular flexibility index (Phi) is 7.15. The molecule has 3 aromatic rings. The number of piperazine rings is 1. The minimum Gasteiger partial charge on any atom is -0.726 e. The van der Waals surface area contributed by atoms with Crippen LogP contribution in [0.2, 0.25) is 0 Å². The Morgan fingerprint density at radius 2 is 1.37 bits per heavy atom. The summed E-state index contributed by atoms with van der Waals surface area (Å²) < 4.78 is 44.7. The van der Waals surface area contributed by atoms with E-state index in [4.69, 9.17) is 4.74 Å². The van der Waals surface area contributed by atoms with Gasteiger partial charge in [-0.25, -0.2) is 22.5 Å². The summed E-state index contributed by atoms with van der Waals surface area (Å²) in [6.45, 7) is 6.45. The molecule has 12 heteroatoms. The standard InChI is InChI=1S/C23H29N5O6S/c1-17(18(2)34-35(30,31)32)28-23(29)27(16-24-28)21-6-4-19(5-7-21)25-12-14-26(15-13-25)20-8-10-22(33-3)11-9-20/h4-11,16-18H,12-15H2,1-3H3,(H,30,31,32)/p-1/t17-,18+/m0/s1. The maximum Gasteiger partial charge on any atom is 0.350 e. The zero-order valence-electron chi connectivity index (χ0n) is 19.8. The van der Waals surface area contributed by atoms with E-state index in [1.165, 1.54) is 23.5 Å². The van der Waals surface area contributed by atoms with E-state index >= 15 is 0 Å². The van der Waals surface area contributed by atoms with Crippen molar-refractivity contribution < 1.29 is 21.9 Å². The van der Waals surface area contributed by atoms with Gasteiger partial charge in [0.1, 0.15) is 12.1 Å². The molecule has 1 aromatic heterocycles. The summed E-state index contributed by atoms with van der Waals surface area (Å²) in [5.74, 6) is 0.838. The fourth-order valence-electron chi connectivity index (χ4n) is 4.08. The molecule has 188 valence electrons. The van der Waals surface area contributed by atoms with Crippen molar-refractivity contribution in [1.29, 1.82) is 0 Å². The molecule has 0 amide bonds. The molecule has 2 atom stereocenters. The van der Waals surface area contributed by atoms with E-state index in [-0.39, 0.29) is 0 Å². The Hall–Kier alpha value is -3.35. The van der Waals surface area contributed by atoms with Crippen molar-refractivity contribution >= 4 is 21.8 Å². The second-order valence-electron chi connectivity index (χ2n) is 8.37. The molecule has 0 radical (unpaired) electrons. The predicted octanol–water partition coefficient (Wildman–Crippen LogP) is 1.80. The molecule has 4 rings (SSSR count). The smallest absolute Gasteiger partial charge is 0.350 e. The molecule has 0 bridgehead atoms. The van der Waals surface area contributed by atoms with Crippen molar-refractivity contribution in [2.45, 2.75) is 26.0 Å². The Morgan fingerprint density at radius 1 is 0.886 bits per heavy atom. The molecule has 1 aliphatic heterocycles. The van der Waals surface area contributed by atoms with E-state index in [0.29, 0.717) is 5.69 Å². The summed E-state index contributed by atoms with van der Waals surface area (Å²) >= 11 is 0. The minimum atomic E-state index is -4.89. The van der Waals surface area contributed by atoms with Crippen LogP contribution in [0.4, 0.5) is 11.4 Å². The molecule has 35 heavy (non-hydrogen) atoms. The van der Waals surface area contributed by atoms with Gasteiger partial charge in [-0.05, 0) is 62.4 Å². The van der Waals surface area contributed by atoms with Crippen LogP contribution in [0.25, 0.3) is 5.69 Å². The molecule has 0 saturated carbocycles. The number of nitrogens with zero attached hydrogens (tertiary/aromatic N) is 5. The molecule has 0 spiro atoms. The topological polar surface area (TPSA) is 122 Å². The van der Waals surface area contributed by atoms with Gasteiger partial charge >= 0.3 is 5.69 Å².